The van der Waals surface area contributed by atoms with Crippen molar-refractivity contribution in [3.63, 3.8) is 0 Å². The van der Waals surface area contributed by atoms with Gasteiger partial charge in [-0.1, -0.05) is 18.3 Å². The van der Waals surface area contributed by atoms with Crippen molar-refractivity contribution in [3.05, 3.63) is 41.3 Å². The summed E-state index contributed by atoms with van der Waals surface area (Å²) < 4.78 is 0.795. The van der Waals surface area contributed by atoms with Crippen molar-refractivity contribution in [2.45, 2.75) is 0 Å². The largest absolute Gasteiger partial charge is 0.262 e. The lowest BCUT2D eigenvalue weighted by molar-refractivity contribution is 1.33. The van der Waals surface area contributed by atoms with Crippen LogP contribution in [0.2, 0.25) is 0 Å². The lowest BCUT2D eigenvalue weighted by Crippen LogP contribution is -1.79. The van der Waals surface area contributed by atoms with E-state index >= 15 is 0 Å². The zero-order valence-corrected chi connectivity index (χ0v) is 7.08. The maximum absolute atomic E-state index is 5.12. The van der Waals surface area contributed by atoms with E-state index in [0.29, 0.717) is 0 Å². The Morgan fingerprint density at radius 1 is 1.17 bits per heavy atom. The molecule has 0 aromatic carbocycles. The maximum atomic E-state index is 5.12. The van der Waals surface area contributed by atoms with Gasteiger partial charge in [0.15, 0.2) is 0 Å². The summed E-state index contributed by atoms with van der Waals surface area (Å²) in [7, 11) is 0. The number of rotatable bonds is 0. The summed E-state index contributed by atoms with van der Waals surface area (Å²) in [5, 5.41) is 0. The van der Waals surface area contributed by atoms with Crippen molar-refractivity contribution in [2.75, 3.05) is 0 Å². The molecule has 0 saturated carbocycles. The van der Waals surface area contributed by atoms with E-state index in [9.17, 15) is 0 Å². The van der Waals surface area contributed by atoms with Gasteiger partial charge in [0.25, 0.3) is 0 Å². The number of hydrogen-bond donors (Lipinski definition) is 0. The Morgan fingerprint density at radius 3 is 3.00 bits per heavy atom. The quantitative estimate of drug-likeness (QED) is 0.573. The van der Waals surface area contributed by atoms with Gasteiger partial charge in [-0.2, -0.15) is 0 Å². The number of aromatic nitrogens is 2. The van der Waals surface area contributed by atoms with E-state index in [1.165, 1.54) is 0 Å². The van der Waals surface area contributed by atoms with E-state index in [1.807, 2.05) is 18.2 Å². The number of benzene rings is 1. The van der Waals surface area contributed by atoms with Crippen molar-refractivity contribution < 1.29 is 0 Å². The first-order valence-corrected chi connectivity index (χ1v) is 3.98. The van der Waals surface area contributed by atoms with Crippen LogP contribution >= 0.6 is 12.2 Å². The van der Waals surface area contributed by atoms with Crippen LogP contribution in [0.3, 0.4) is 0 Å². The molecule has 2 aliphatic rings. The standard InChI is InChI=1S/C9H6N2S/c12-9-3-1-2-8-7(9)6-10-4-5-11-8/h1-6H. The minimum Gasteiger partial charge on any atom is -0.262 e. The Bertz CT molecular complexity index is 428. The lowest BCUT2D eigenvalue weighted by atomic mass is 10.2. The van der Waals surface area contributed by atoms with E-state index in [4.69, 9.17) is 12.2 Å². The SMILES string of the molecule is S=c1cccc2nccncc1-2. The molecule has 0 atom stereocenters. The summed E-state index contributed by atoms with van der Waals surface area (Å²) in [4.78, 5) is 8.18. The molecule has 0 bridgehead atoms. The van der Waals surface area contributed by atoms with E-state index in [2.05, 4.69) is 9.97 Å². The maximum Gasteiger partial charge on any atom is 0.0732 e. The van der Waals surface area contributed by atoms with Crippen LogP contribution in [0.4, 0.5) is 0 Å². The molecule has 1 aliphatic heterocycles. The first-order chi connectivity index (χ1) is 5.88. The van der Waals surface area contributed by atoms with Crippen molar-refractivity contribution in [1.29, 1.82) is 0 Å². The minimum atomic E-state index is 0.795. The number of hydrogen-bond acceptors (Lipinski definition) is 3. The van der Waals surface area contributed by atoms with Crippen LogP contribution in [0.1, 0.15) is 0 Å². The molecule has 1 aliphatic carbocycles. The van der Waals surface area contributed by atoms with Crippen LogP contribution in [0.15, 0.2) is 36.8 Å². The van der Waals surface area contributed by atoms with Crippen LogP contribution in [-0.4, -0.2) is 9.97 Å². The molecule has 0 unspecified atom stereocenters. The molecular weight excluding hydrogens is 168 g/mol. The van der Waals surface area contributed by atoms with Crippen molar-refractivity contribution in [1.82, 2.24) is 9.97 Å². The third kappa shape index (κ3) is 1.19. The molecular formula is C9H6N2S. The molecule has 0 N–H and O–H groups in total. The fraction of sp³-hybridized carbons (Fsp3) is 0. The highest BCUT2D eigenvalue weighted by Crippen LogP contribution is 2.16. The molecule has 3 heteroatoms. The molecule has 0 saturated heterocycles. The van der Waals surface area contributed by atoms with E-state index in [-0.39, 0.29) is 0 Å². The third-order valence-electron chi connectivity index (χ3n) is 1.61. The van der Waals surface area contributed by atoms with E-state index in [0.717, 1.165) is 15.8 Å². The van der Waals surface area contributed by atoms with E-state index < -0.39 is 0 Å². The normalized spacial score (nSPS) is 10.0. The Hall–Kier alpha value is -1.35. The minimum absolute atomic E-state index is 0.795. The van der Waals surface area contributed by atoms with Crippen molar-refractivity contribution in [3.8, 4) is 11.3 Å². The summed E-state index contributed by atoms with van der Waals surface area (Å²) in [6.45, 7) is 0. The van der Waals surface area contributed by atoms with Gasteiger partial charge in [-0.05, 0) is 12.1 Å². The lowest BCUT2D eigenvalue weighted by Gasteiger charge is -1.95. The van der Waals surface area contributed by atoms with Gasteiger partial charge in [-0.3, -0.25) is 9.97 Å². The summed E-state index contributed by atoms with van der Waals surface area (Å²) >= 11 is 5.12. The average Bonchev–Trinajstić information content (AvgIpc) is 2.30. The third-order valence-corrected chi connectivity index (χ3v) is 1.97. The second kappa shape index (κ2) is 2.95. The predicted octanol–water partition coefficient (Wildman–Crippen LogP) is 2.31. The Morgan fingerprint density at radius 2 is 2.08 bits per heavy atom. The highest BCUT2D eigenvalue weighted by molar-refractivity contribution is 7.71. The monoisotopic (exact) mass is 174 g/mol. The van der Waals surface area contributed by atoms with Gasteiger partial charge < -0.3 is 0 Å². The molecule has 0 fully saturated rings. The van der Waals surface area contributed by atoms with Crippen LogP contribution in [0, 0.1) is 4.51 Å². The van der Waals surface area contributed by atoms with E-state index in [1.54, 1.807) is 18.6 Å². The second-order valence-corrected chi connectivity index (χ2v) is 2.83. The Labute approximate surface area is 75.3 Å². The number of nitrogens with zero attached hydrogens (tertiary/aromatic N) is 2. The van der Waals surface area contributed by atoms with Crippen molar-refractivity contribution in [2.24, 2.45) is 0 Å². The molecule has 0 aromatic rings. The van der Waals surface area contributed by atoms with Gasteiger partial charge >= 0.3 is 0 Å². The van der Waals surface area contributed by atoms with Gasteiger partial charge in [0, 0.05) is 28.7 Å². The molecule has 1 heterocycles. The fourth-order valence-electron chi connectivity index (χ4n) is 1.04. The average molecular weight is 174 g/mol. The first kappa shape index (κ1) is 7.31. The van der Waals surface area contributed by atoms with Crippen LogP contribution in [0.25, 0.3) is 11.3 Å². The molecule has 2 nitrogen and oxygen atoms in total. The topological polar surface area (TPSA) is 25.8 Å². The molecule has 0 amide bonds. The van der Waals surface area contributed by atoms with Gasteiger partial charge in [-0.25, -0.2) is 0 Å². The highest BCUT2D eigenvalue weighted by atomic mass is 32.1. The van der Waals surface area contributed by atoms with Gasteiger partial charge in [0.1, 0.15) is 0 Å². The smallest absolute Gasteiger partial charge is 0.0732 e. The zero-order valence-electron chi connectivity index (χ0n) is 6.27. The highest BCUT2D eigenvalue weighted by Gasteiger charge is 1.99. The zero-order chi connectivity index (χ0) is 8.39. The molecule has 12 heavy (non-hydrogen) atoms. The summed E-state index contributed by atoms with van der Waals surface area (Å²) in [5.74, 6) is 0. The Kier molecular flexibility index (Phi) is 1.80. The van der Waals surface area contributed by atoms with Gasteiger partial charge in [0.2, 0.25) is 0 Å². The van der Waals surface area contributed by atoms with Crippen LogP contribution < -0.4 is 0 Å². The summed E-state index contributed by atoms with van der Waals surface area (Å²) in [6, 6.07) is 5.70. The molecule has 0 radical (unpaired) electrons. The molecule has 0 spiro atoms. The van der Waals surface area contributed by atoms with Crippen LogP contribution in [0.5, 0.6) is 0 Å². The fourth-order valence-corrected chi connectivity index (χ4v) is 1.28. The molecule has 0 aromatic heterocycles. The molecule has 58 valence electrons. The van der Waals surface area contributed by atoms with Crippen molar-refractivity contribution >= 4 is 12.2 Å². The van der Waals surface area contributed by atoms with Gasteiger partial charge in [0.05, 0.1) is 5.69 Å². The predicted molar refractivity (Wildman–Crippen MR) is 49.5 cm³/mol. The first-order valence-electron chi connectivity index (χ1n) is 3.57. The van der Waals surface area contributed by atoms with Gasteiger partial charge in [-0.15, -0.1) is 0 Å². The summed E-state index contributed by atoms with van der Waals surface area (Å²) in [5.41, 5.74) is 1.82. The summed E-state index contributed by atoms with van der Waals surface area (Å²) in [6.07, 6.45) is 5.05. The Balaban J connectivity index is 2.88. The molecule has 2 rings (SSSR count). The van der Waals surface area contributed by atoms with Crippen LogP contribution in [-0.2, 0) is 0 Å². The number of fused-ring (bicyclic) bond motifs is 1. The second-order valence-electron chi connectivity index (χ2n) is 2.39.